The van der Waals surface area contributed by atoms with Crippen molar-refractivity contribution in [2.75, 3.05) is 7.11 Å². The molecule has 0 heterocycles. The quantitative estimate of drug-likeness (QED) is 0.893. The van der Waals surface area contributed by atoms with Gasteiger partial charge in [-0.2, -0.15) is 0 Å². The summed E-state index contributed by atoms with van der Waals surface area (Å²) < 4.78 is 5.30. The average Bonchev–Trinajstić information content (AvgIpc) is 2.40. The Hall–Kier alpha value is -1.80. The minimum absolute atomic E-state index is 0.488. The zero-order chi connectivity index (χ0) is 13.1. The molecule has 0 aliphatic heterocycles. The Bertz CT molecular complexity index is 561. The van der Waals surface area contributed by atoms with Crippen LogP contribution in [0.1, 0.15) is 16.7 Å². The third-order valence-corrected chi connectivity index (χ3v) is 3.20. The highest BCUT2D eigenvalue weighted by molar-refractivity contribution is 5.69. The van der Waals surface area contributed by atoms with Crippen LogP contribution in [0.3, 0.4) is 0 Å². The lowest BCUT2D eigenvalue weighted by molar-refractivity contribution is 0.410. The third kappa shape index (κ3) is 2.39. The predicted octanol–water partition coefficient (Wildman–Crippen LogP) is 3.44. The summed E-state index contributed by atoms with van der Waals surface area (Å²) in [6, 6.07) is 12.7. The Labute approximate surface area is 108 Å². The van der Waals surface area contributed by atoms with Crippen LogP contribution in [0.25, 0.3) is 11.1 Å². The van der Waals surface area contributed by atoms with Crippen molar-refractivity contribution < 1.29 is 4.74 Å². The third-order valence-electron chi connectivity index (χ3n) is 3.20. The molecule has 0 aliphatic rings. The van der Waals surface area contributed by atoms with Crippen LogP contribution >= 0.6 is 0 Å². The highest BCUT2D eigenvalue weighted by Gasteiger charge is 2.06. The number of methoxy groups -OCH3 is 1. The summed E-state index contributed by atoms with van der Waals surface area (Å²) in [7, 11) is 1.67. The van der Waals surface area contributed by atoms with Gasteiger partial charge in [0.2, 0.25) is 0 Å². The highest BCUT2D eigenvalue weighted by Crippen LogP contribution is 2.29. The normalized spacial score (nSPS) is 10.4. The van der Waals surface area contributed by atoms with Gasteiger partial charge in [0.05, 0.1) is 7.11 Å². The van der Waals surface area contributed by atoms with Crippen molar-refractivity contribution in [1.82, 2.24) is 0 Å². The molecular weight excluding hydrogens is 222 g/mol. The lowest BCUT2D eigenvalue weighted by atomic mass is 9.97. The minimum Gasteiger partial charge on any atom is -0.496 e. The van der Waals surface area contributed by atoms with Gasteiger partial charge in [0, 0.05) is 12.1 Å². The second kappa shape index (κ2) is 5.23. The second-order valence-electron chi connectivity index (χ2n) is 4.55. The summed E-state index contributed by atoms with van der Waals surface area (Å²) >= 11 is 0. The molecule has 0 aliphatic carbocycles. The molecule has 94 valence electrons. The summed E-state index contributed by atoms with van der Waals surface area (Å²) in [4.78, 5) is 0. The molecular formula is C16H19NO. The molecule has 0 bridgehead atoms. The van der Waals surface area contributed by atoms with E-state index in [-0.39, 0.29) is 0 Å². The van der Waals surface area contributed by atoms with E-state index >= 15 is 0 Å². The Morgan fingerprint density at radius 1 is 1.06 bits per heavy atom. The van der Waals surface area contributed by atoms with E-state index in [0.29, 0.717) is 6.54 Å². The molecule has 0 atom stereocenters. The topological polar surface area (TPSA) is 35.2 Å². The van der Waals surface area contributed by atoms with E-state index in [1.165, 1.54) is 22.3 Å². The smallest absolute Gasteiger partial charge is 0.123 e. The van der Waals surface area contributed by atoms with Crippen molar-refractivity contribution in [3.8, 4) is 16.9 Å². The van der Waals surface area contributed by atoms with Crippen molar-refractivity contribution in [2.24, 2.45) is 5.73 Å². The monoisotopic (exact) mass is 241 g/mol. The van der Waals surface area contributed by atoms with Gasteiger partial charge in [-0.15, -0.1) is 0 Å². The molecule has 2 aromatic carbocycles. The van der Waals surface area contributed by atoms with Crippen molar-refractivity contribution in [1.29, 1.82) is 0 Å². The average molecular weight is 241 g/mol. The van der Waals surface area contributed by atoms with E-state index in [4.69, 9.17) is 10.5 Å². The maximum Gasteiger partial charge on any atom is 0.123 e. The number of nitrogens with two attached hydrogens (primary N) is 1. The Morgan fingerprint density at radius 2 is 1.83 bits per heavy atom. The van der Waals surface area contributed by atoms with Crippen LogP contribution in [0.4, 0.5) is 0 Å². The van der Waals surface area contributed by atoms with Crippen molar-refractivity contribution in [3.63, 3.8) is 0 Å². The molecule has 0 aromatic heterocycles. The van der Waals surface area contributed by atoms with E-state index in [2.05, 4.69) is 44.2 Å². The van der Waals surface area contributed by atoms with Gasteiger partial charge in [-0.25, -0.2) is 0 Å². The first-order valence-corrected chi connectivity index (χ1v) is 6.10. The number of rotatable bonds is 3. The molecule has 0 saturated carbocycles. The second-order valence-corrected chi connectivity index (χ2v) is 4.55. The van der Waals surface area contributed by atoms with Gasteiger partial charge in [0.1, 0.15) is 5.75 Å². The fraction of sp³-hybridized carbons (Fsp3) is 0.250. The van der Waals surface area contributed by atoms with Crippen LogP contribution < -0.4 is 10.5 Å². The molecule has 0 unspecified atom stereocenters. The van der Waals surface area contributed by atoms with Gasteiger partial charge >= 0.3 is 0 Å². The fourth-order valence-electron chi connectivity index (χ4n) is 2.15. The molecule has 18 heavy (non-hydrogen) atoms. The first-order valence-electron chi connectivity index (χ1n) is 6.10. The van der Waals surface area contributed by atoms with Crippen molar-refractivity contribution in [3.05, 3.63) is 53.1 Å². The van der Waals surface area contributed by atoms with E-state index in [0.717, 1.165) is 11.3 Å². The Balaban J connectivity index is 2.54. The maximum absolute atomic E-state index is 5.76. The number of benzene rings is 2. The zero-order valence-electron chi connectivity index (χ0n) is 11.2. The molecule has 0 radical (unpaired) electrons. The van der Waals surface area contributed by atoms with Gasteiger partial charge in [-0.3, -0.25) is 0 Å². The number of aryl methyl sites for hydroxylation is 2. The van der Waals surface area contributed by atoms with Crippen molar-refractivity contribution >= 4 is 0 Å². The minimum atomic E-state index is 0.488. The van der Waals surface area contributed by atoms with Gasteiger partial charge < -0.3 is 10.5 Å². The maximum atomic E-state index is 5.76. The number of ether oxygens (including phenoxy) is 1. The molecule has 2 rings (SSSR count). The number of hydrogen-bond donors (Lipinski definition) is 1. The van der Waals surface area contributed by atoms with Crippen molar-refractivity contribution in [2.45, 2.75) is 20.4 Å². The number of hydrogen-bond acceptors (Lipinski definition) is 2. The van der Waals surface area contributed by atoms with Gasteiger partial charge in [-0.1, -0.05) is 29.8 Å². The molecule has 2 N–H and O–H groups in total. The van der Waals surface area contributed by atoms with Crippen LogP contribution in [0.2, 0.25) is 0 Å². The standard InChI is InChI=1S/C16H19NO/c1-11-4-5-12(2)15(8-11)13-6-7-16(18-3)14(9-13)10-17/h4-9H,10,17H2,1-3H3. The molecule has 0 spiro atoms. The zero-order valence-corrected chi connectivity index (χ0v) is 11.2. The Kier molecular flexibility index (Phi) is 3.68. The SMILES string of the molecule is COc1ccc(-c2cc(C)ccc2C)cc1CN. The largest absolute Gasteiger partial charge is 0.496 e. The lowest BCUT2D eigenvalue weighted by Gasteiger charge is -2.11. The first-order chi connectivity index (χ1) is 8.65. The molecule has 0 fully saturated rings. The summed E-state index contributed by atoms with van der Waals surface area (Å²) in [6.07, 6.45) is 0. The molecule has 2 heteroatoms. The van der Waals surface area contributed by atoms with Gasteiger partial charge in [-0.05, 0) is 42.7 Å². The fourth-order valence-corrected chi connectivity index (χ4v) is 2.15. The summed E-state index contributed by atoms with van der Waals surface area (Å²) in [5, 5.41) is 0. The molecule has 2 aromatic rings. The van der Waals surface area contributed by atoms with Gasteiger partial charge in [0.25, 0.3) is 0 Å². The first kappa shape index (κ1) is 12.7. The van der Waals surface area contributed by atoms with E-state index in [1.54, 1.807) is 7.11 Å². The Morgan fingerprint density at radius 3 is 2.50 bits per heavy atom. The van der Waals surface area contributed by atoms with E-state index in [1.807, 2.05) is 6.07 Å². The molecule has 0 saturated heterocycles. The van der Waals surface area contributed by atoms with Crippen LogP contribution in [-0.2, 0) is 6.54 Å². The highest BCUT2D eigenvalue weighted by atomic mass is 16.5. The van der Waals surface area contributed by atoms with Crippen LogP contribution in [0.5, 0.6) is 5.75 Å². The van der Waals surface area contributed by atoms with E-state index < -0.39 is 0 Å². The summed E-state index contributed by atoms with van der Waals surface area (Å²) in [6.45, 7) is 4.72. The molecule has 0 amide bonds. The lowest BCUT2D eigenvalue weighted by Crippen LogP contribution is -2.00. The summed E-state index contributed by atoms with van der Waals surface area (Å²) in [5.74, 6) is 0.853. The van der Waals surface area contributed by atoms with E-state index in [9.17, 15) is 0 Å². The summed E-state index contributed by atoms with van der Waals surface area (Å²) in [5.41, 5.74) is 11.8. The predicted molar refractivity (Wildman–Crippen MR) is 75.8 cm³/mol. The van der Waals surface area contributed by atoms with Crippen LogP contribution in [0, 0.1) is 13.8 Å². The van der Waals surface area contributed by atoms with Gasteiger partial charge in [0.15, 0.2) is 0 Å². The van der Waals surface area contributed by atoms with Crippen LogP contribution in [-0.4, -0.2) is 7.11 Å². The van der Waals surface area contributed by atoms with Crippen LogP contribution in [0.15, 0.2) is 36.4 Å². The molecule has 2 nitrogen and oxygen atoms in total.